The molecule has 0 bridgehead atoms. The summed E-state index contributed by atoms with van der Waals surface area (Å²) in [4.78, 5) is 0. The normalized spacial score (nSPS) is 11.1. The predicted octanol–water partition coefficient (Wildman–Crippen LogP) is 5.20. The predicted molar refractivity (Wildman–Crippen MR) is 128 cm³/mol. The Morgan fingerprint density at radius 3 is 1.33 bits per heavy atom. The van der Waals surface area contributed by atoms with E-state index >= 15 is 0 Å². The molecule has 0 fully saturated rings. The van der Waals surface area contributed by atoms with E-state index in [1.807, 2.05) is 0 Å². The first-order valence-corrected chi connectivity index (χ1v) is 12.0. The zero-order valence-corrected chi connectivity index (χ0v) is 18.3. The highest BCUT2D eigenvalue weighted by atomic mass is 31.2. The molecule has 0 amide bonds. The molecule has 0 atom stereocenters. The fourth-order valence-corrected chi connectivity index (χ4v) is 8.13. The average molecular weight is 413 g/mol. The van der Waals surface area contributed by atoms with Crippen molar-refractivity contribution in [3.8, 4) is 11.5 Å². The zero-order chi connectivity index (χ0) is 20.8. The molecule has 0 unspecified atom stereocenters. The van der Waals surface area contributed by atoms with Crippen LogP contribution >= 0.6 is 7.26 Å². The van der Waals surface area contributed by atoms with E-state index in [-0.39, 0.29) is 0 Å². The van der Waals surface area contributed by atoms with Gasteiger partial charge in [-0.2, -0.15) is 0 Å². The van der Waals surface area contributed by atoms with Crippen LogP contribution in [0.4, 0.5) is 0 Å². The van der Waals surface area contributed by atoms with Crippen LogP contribution in [0.15, 0.2) is 109 Å². The van der Waals surface area contributed by atoms with Crippen molar-refractivity contribution in [3.63, 3.8) is 0 Å². The van der Waals surface area contributed by atoms with Crippen LogP contribution in [0, 0.1) is 0 Å². The molecule has 0 aliphatic heterocycles. The Morgan fingerprint density at radius 1 is 0.500 bits per heavy atom. The van der Waals surface area contributed by atoms with Gasteiger partial charge in [-0.15, -0.1) is 0 Å². The summed E-state index contributed by atoms with van der Waals surface area (Å²) in [7, 11) is 1.47. The Bertz CT molecular complexity index is 1010. The fraction of sp³-hybridized carbons (Fsp3) is 0.111. The van der Waals surface area contributed by atoms with E-state index in [0.29, 0.717) is 0 Å². The maximum atomic E-state index is 5.44. The van der Waals surface area contributed by atoms with Crippen LogP contribution in [-0.4, -0.2) is 14.2 Å². The number of methoxy groups -OCH3 is 2. The lowest BCUT2D eigenvalue weighted by Crippen LogP contribution is -2.32. The fourth-order valence-electron chi connectivity index (χ4n) is 3.93. The molecule has 3 heteroatoms. The number of hydrogen-bond acceptors (Lipinski definition) is 2. The topological polar surface area (TPSA) is 18.5 Å². The Labute approximate surface area is 179 Å². The van der Waals surface area contributed by atoms with Crippen LogP contribution in [0.3, 0.4) is 0 Å². The molecule has 0 aliphatic carbocycles. The quantitative estimate of drug-likeness (QED) is 0.388. The van der Waals surface area contributed by atoms with Crippen molar-refractivity contribution in [3.05, 3.63) is 115 Å². The van der Waals surface area contributed by atoms with E-state index < -0.39 is 7.26 Å². The Hall–Kier alpha value is -3.09. The van der Waals surface area contributed by atoms with Crippen molar-refractivity contribution in [2.45, 2.75) is 6.16 Å². The van der Waals surface area contributed by atoms with Crippen molar-refractivity contribution >= 4 is 23.2 Å². The van der Waals surface area contributed by atoms with Crippen molar-refractivity contribution in [2.24, 2.45) is 0 Å². The van der Waals surface area contributed by atoms with Crippen LogP contribution < -0.4 is 25.4 Å². The van der Waals surface area contributed by atoms with Crippen LogP contribution in [-0.2, 0) is 6.16 Å². The molecule has 150 valence electrons. The lowest BCUT2D eigenvalue weighted by atomic mass is 10.2. The van der Waals surface area contributed by atoms with Gasteiger partial charge in [0.05, 0.1) is 20.4 Å². The van der Waals surface area contributed by atoms with Gasteiger partial charge in [0.2, 0.25) is 0 Å². The van der Waals surface area contributed by atoms with E-state index in [1.165, 1.54) is 21.5 Å². The molecular formula is C27H26O2P+. The molecule has 0 aromatic heterocycles. The van der Waals surface area contributed by atoms with E-state index in [9.17, 15) is 0 Å². The molecule has 4 rings (SSSR count). The van der Waals surface area contributed by atoms with Crippen molar-refractivity contribution in [1.29, 1.82) is 0 Å². The molecule has 0 aliphatic rings. The minimum atomic E-state index is -1.95. The molecular weight excluding hydrogens is 387 g/mol. The molecule has 30 heavy (non-hydrogen) atoms. The summed E-state index contributed by atoms with van der Waals surface area (Å²) in [6.07, 6.45) is 0.955. The van der Waals surface area contributed by atoms with Crippen LogP contribution in [0.1, 0.15) is 5.56 Å². The number of benzene rings is 4. The van der Waals surface area contributed by atoms with Gasteiger partial charge in [0.1, 0.15) is 34.7 Å². The van der Waals surface area contributed by atoms with Gasteiger partial charge in [-0.25, -0.2) is 0 Å². The summed E-state index contributed by atoms with van der Waals surface area (Å²) >= 11 is 0. The minimum Gasteiger partial charge on any atom is -0.497 e. The minimum absolute atomic E-state index is 0.874. The van der Waals surface area contributed by atoms with Gasteiger partial charge in [0, 0.05) is 0 Å². The number of rotatable bonds is 7. The molecule has 4 aromatic rings. The van der Waals surface area contributed by atoms with E-state index in [2.05, 4.69) is 109 Å². The first kappa shape index (κ1) is 20.2. The van der Waals surface area contributed by atoms with Crippen LogP contribution in [0.25, 0.3) is 0 Å². The third kappa shape index (κ3) is 3.97. The van der Waals surface area contributed by atoms with E-state index in [1.54, 1.807) is 14.2 Å². The SMILES string of the molecule is COc1ccc([P+](Cc2ccccc2)(c2ccccc2)c2ccc(OC)cc2)cc1. The third-order valence-corrected chi connectivity index (χ3v) is 9.86. The Kier molecular flexibility index (Phi) is 6.16. The standard InChI is InChI=1S/C27H26O2P/c1-28-23-13-17-26(18-14-23)30(25-11-7-4-8-12-25,21-22-9-5-3-6-10-22)27-19-15-24(29-2)16-20-27/h3-20H,21H2,1-2H3/q+1. The maximum Gasteiger partial charge on any atom is 0.119 e. The van der Waals surface area contributed by atoms with Gasteiger partial charge in [-0.05, 0) is 66.2 Å². The average Bonchev–Trinajstić information content (AvgIpc) is 2.84. The summed E-state index contributed by atoms with van der Waals surface area (Å²) in [6.45, 7) is 0. The highest BCUT2D eigenvalue weighted by molar-refractivity contribution is 7.95. The molecule has 0 saturated carbocycles. The maximum absolute atomic E-state index is 5.44. The molecule has 0 heterocycles. The zero-order valence-electron chi connectivity index (χ0n) is 17.4. The van der Waals surface area contributed by atoms with Crippen LogP contribution in [0.2, 0.25) is 0 Å². The summed E-state index contributed by atoms with van der Waals surface area (Å²) in [5.74, 6) is 1.75. The summed E-state index contributed by atoms with van der Waals surface area (Å²) < 4.78 is 10.9. The highest BCUT2D eigenvalue weighted by Crippen LogP contribution is 2.58. The first-order chi connectivity index (χ1) is 14.8. The second-order valence-electron chi connectivity index (χ2n) is 7.19. The summed E-state index contributed by atoms with van der Waals surface area (Å²) in [5.41, 5.74) is 1.33. The van der Waals surface area contributed by atoms with Gasteiger partial charge in [0.15, 0.2) is 0 Å². The molecule has 0 saturated heterocycles. The second-order valence-corrected chi connectivity index (χ2v) is 10.7. The van der Waals surface area contributed by atoms with E-state index in [0.717, 1.165) is 17.7 Å². The summed E-state index contributed by atoms with van der Waals surface area (Å²) in [6, 6.07) is 38.9. The molecule has 2 nitrogen and oxygen atoms in total. The molecule has 0 N–H and O–H groups in total. The van der Waals surface area contributed by atoms with Crippen molar-refractivity contribution < 1.29 is 9.47 Å². The second kappa shape index (κ2) is 9.15. The molecule has 0 spiro atoms. The van der Waals surface area contributed by atoms with Gasteiger partial charge in [0.25, 0.3) is 0 Å². The highest BCUT2D eigenvalue weighted by Gasteiger charge is 2.45. The van der Waals surface area contributed by atoms with Crippen molar-refractivity contribution in [2.75, 3.05) is 14.2 Å². The Balaban J connectivity index is 1.98. The third-order valence-electron chi connectivity index (χ3n) is 5.49. The largest absolute Gasteiger partial charge is 0.497 e. The van der Waals surface area contributed by atoms with Gasteiger partial charge in [-0.1, -0.05) is 48.5 Å². The van der Waals surface area contributed by atoms with Gasteiger partial charge < -0.3 is 9.47 Å². The first-order valence-electron chi connectivity index (χ1n) is 10.0. The van der Waals surface area contributed by atoms with Gasteiger partial charge in [-0.3, -0.25) is 0 Å². The number of ether oxygens (including phenoxy) is 2. The van der Waals surface area contributed by atoms with Gasteiger partial charge >= 0.3 is 0 Å². The molecule has 4 aromatic carbocycles. The number of hydrogen-bond donors (Lipinski definition) is 0. The Morgan fingerprint density at radius 2 is 0.900 bits per heavy atom. The van der Waals surface area contributed by atoms with Crippen molar-refractivity contribution in [1.82, 2.24) is 0 Å². The summed E-state index contributed by atoms with van der Waals surface area (Å²) in [5, 5.41) is 4.04. The smallest absolute Gasteiger partial charge is 0.119 e. The lowest BCUT2D eigenvalue weighted by molar-refractivity contribution is 0.415. The molecule has 0 radical (unpaired) electrons. The lowest BCUT2D eigenvalue weighted by Gasteiger charge is -2.28. The monoisotopic (exact) mass is 413 g/mol. The van der Waals surface area contributed by atoms with Crippen LogP contribution in [0.5, 0.6) is 11.5 Å². The van der Waals surface area contributed by atoms with E-state index in [4.69, 9.17) is 9.47 Å².